The molecular formula is C9H17NO6. The van der Waals surface area contributed by atoms with Gasteiger partial charge in [-0.3, -0.25) is 4.79 Å². The average molecular weight is 235 g/mol. The number of ether oxygens (including phenoxy) is 1. The van der Waals surface area contributed by atoms with Crippen LogP contribution in [0.1, 0.15) is 13.8 Å². The lowest BCUT2D eigenvalue weighted by Crippen LogP contribution is -2.26. The SMILES string of the molecule is CCNCC(C)C(=O)OC.O=C(O)C(=O)O. The standard InChI is InChI=1S/C7H15NO2.C2H2O4/c1-4-8-5-6(2)7(9)10-3;3-1(4)2(5)6/h6,8H,4-5H2,1-3H3;(H,3,4)(H,5,6). The largest absolute Gasteiger partial charge is 0.473 e. The highest BCUT2D eigenvalue weighted by atomic mass is 16.5. The molecule has 7 heteroatoms. The fourth-order valence-electron chi connectivity index (χ4n) is 0.645. The van der Waals surface area contributed by atoms with Gasteiger partial charge in [0.05, 0.1) is 13.0 Å². The quantitative estimate of drug-likeness (QED) is 0.447. The van der Waals surface area contributed by atoms with Crippen molar-refractivity contribution in [1.82, 2.24) is 5.32 Å². The van der Waals surface area contributed by atoms with Crippen molar-refractivity contribution in [1.29, 1.82) is 0 Å². The molecule has 1 unspecified atom stereocenters. The molecular weight excluding hydrogens is 218 g/mol. The Kier molecular flexibility index (Phi) is 10.4. The lowest BCUT2D eigenvalue weighted by Gasteiger charge is -2.07. The number of hydrogen-bond acceptors (Lipinski definition) is 5. The second-order valence-electron chi connectivity index (χ2n) is 2.84. The highest BCUT2D eigenvalue weighted by Crippen LogP contribution is 1.94. The van der Waals surface area contributed by atoms with Crippen LogP contribution >= 0.6 is 0 Å². The topological polar surface area (TPSA) is 113 Å². The molecule has 3 N–H and O–H groups in total. The first-order valence-electron chi connectivity index (χ1n) is 4.61. The first kappa shape index (κ1) is 16.8. The van der Waals surface area contributed by atoms with Crippen molar-refractivity contribution in [2.75, 3.05) is 20.2 Å². The summed E-state index contributed by atoms with van der Waals surface area (Å²) in [5, 5.41) is 17.8. The van der Waals surface area contributed by atoms with Crippen LogP contribution < -0.4 is 5.32 Å². The summed E-state index contributed by atoms with van der Waals surface area (Å²) in [6, 6.07) is 0. The Bertz CT molecular complexity index is 228. The van der Waals surface area contributed by atoms with Crippen LogP contribution in [0.5, 0.6) is 0 Å². The van der Waals surface area contributed by atoms with Crippen LogP contribution in [-0.4, -0.2) is 48.3 Å². The Morgan fingerprint density at radius 1 is 1.25 bits per heavy atom. The molecule has 0 aromatic carbocycles. The summed E-state index contributed by atoms with van der Waals surface area (Å²) in [6.45, 7) is 5.43. The van der Waals surface area contributed by atoms with Crippen LogP contribution in [0.2, 0.25) is 0 Å². The number of rotatable bonds is 4. The number of esters is 1. The molecule has 0 fully saturated rings. The molecule has 16 heavy (non-hydrogen) atoms. The molecule has 0 saturated carbocycles. The van der Waals surface area contributed by atoms with Crippen LogP contribution in [0.4, 0.5) is 0 Å². The van der Waals surface area contributed by atoms with Gasteiger partial charge in [-0.2, -0.15) is 0 Å². The van der Waals surface area contributed by atoms with E-state index in [4.69, 9.17) is 19.8 Å². The summed E-state index contributed by atoms with van der Waals surface area (Å²) in [7, 11) is 1.41. The molecule has 0 amide bonds. The Balaban J connectivity index is 0. The van der Waals surface area contributed by atoms with Crippen LogP contribution in [0.15, 0.2) is 0 Å². The number of carboxylic acids is 2. The molecule has 0 rings (SSSR count). The Labute approximate surface area is 93.4 Å². The second kappa shape index (κ2) is 9.91. The van der Waals surface area contributed by atoms with E-state index in [0.717, 1.165) is 6.54 Å². The predicted octanol–water partition coefficient (Wildman–Crippen LogP) is -0.439. The normalized spacial score (nSPS) is 10.7. The van der Waals surface area contributed by atoms with E-state index in [0.29, 0.717) is 6.54 Å². The van der Waals surface area contributed by atoms with Crippen molar-refractivity contribution in [3.05, 3.63) is 0 Å². The third-order valence-corrected chi connectivity index (χ3v) is 1.49. The lowest BCUT2D eigenvalue weighted by atomic mass is 10.2. The first-order chi connectivity index (χ1) is 7.36. The van der Waals surface area contributed by atoms with E-state index in [1.165, 1.54) is 7.11 Å². The number of carboxylic acid groups (broad SMARTS) is 2. The molecule has 0 aromatic rings. The van der Waals surface area contributed by atoms with Crippen molar-refractivity contribution >= 4 is 17.9 Å². The summed E-state index contributed by atoms with van der Waals surface area (Å²) in [4.78, 5) is 29.0. The highest BCUT2D eigenvalue weighted by Gasteiger charge is 2.10. The van der Waals surface area contributed by atoms with Gasteiger partial charge in [-0.15, -0.1) is 0 Å². The summed E-state index contributed by atoms with van der Waals surface area (Å²) in [6.07, 6.45) is 0. The number of aliphatic carboxylic acids is 2. The maximum absolute atomic E-state index is 10.8. The summed E-state index contributed by atoms with van der Waals surface area (Å²) >= 11 is 0. The molecule has 0 aliphatic heterocycles. The van der Waals surface area contributed by atoms with E-state index in [-0.39, 0.29) is 11.9 Å². The molecule has 0 radical (unpaired) electrons. The van der Waals surface area contributed by atoms with E-state index in [9.17, 15) is 4.79 Å². The van der Waals surface area contributed by atoms with Gasteiger partial charge in [0.15, 0.2) is 0 Å². The summed E-state index contributed by atoms with van der Waals surface area (Å²) < 4.78 is 4.53. The fourth-order valence-corrected chi connectivity index (χ4v) is 0.645. The van der Waals surface area contributed by atoms with Crippen molar-refractivity contribution in [3.63, 3.8) is 0 Å². The van der Waals surface area contributed by atoms with Gasteiger partial charge in [-0.05, 0) is 6.54 Å². The maximum Gasteiger partial charge on any atom is 0.414 e. The number of carbonyl (C=O) groups is 3. The fraction of sp³-hybridized carbons (Fsp3) is 0.667. The van der Waals surface area contributed by atoms with E-state index in [1.807, 2.05) is 13.8 Å². The summed E-state index contributed by atoms with van der Waals surface area (Å²) in [5.74, 6) is -3.84. The molecule has 0 aromatic heterocycles. The minimum absolute atomic E-state index is 0.0371. The summed E-state index contributed by atoms with van der Waals surface area (Å²) in [5.41, 5.74) is 0. The van der Waals surface area contributed by atoms with Gasteiger partial charge in [0, 0.05) is 6.54 Å². The molecule has 0 bridgehead atoms. The van der Waals surface area contributed by atoms with Gasteiger partial charge < -0.3 is 20.3 Å². The third-order valence-electron chi connectivity index (χ3n) is 1.49. The Hall–Kier alpha value is -1.63. The van der Waals surface area contributed by atoms with E-state index < -0.39 is 11.9 Å². The van der Waals surface area contributed by atoms with Crippen molar-refractivity contribution in [3.8, 4) is 0 Å². The van der Waals surface area contributed by atoms with Crippen LogP contribution in [0, 0.1) is 5.92 Å². The number of carbonyl (C=O) groups excluding carboxylic acids is 1. The van der Waals surface area contributed by atoms with Gasteiger partial charge in [0.25, 0.3) is 0 Å². The molecule has 1 atom stereocenters. The van der Waals surface area contributed by atoms with Gasteiger partial charge in [0.2, 0.25) is 0 Å². The number of methoxy groups -OCH3 is 1. The van der Waals surface area contributed by atoms with Gasteiger partial charge in [0.1, 0.15) is 0 Å². The van der Waals surface area contributed by atoms with Crippen LogP contribution in [0.3, 0.4) is 0 Å². The molecule has 7 nitrogen and oxygen atoms in total. The van der Waals surface area contributed by atoms with E-state index in [2.05, 4.69) is 10.1 Å². The Morgan fingerprint density at radius 2 is 1.69 bits per heavy atom. The number of nitrogens with one attached hydrogen (secondary N) is 1. The number of hydrogen-bond donors (Lipinski definition) is 3. The monoisotopic (exact) mass is 235 g/mol. The molecule has 0 aliphatic rings. The zero-order chi connectivity index (χ0) is 13.1. The van der Waals surface area contributed by atoms with Crippen molar-refractivity contribution in [2.24, 2.45) is 5.92 Å². The lowest BCUT2D eigenvalue weighted by molar-refractivity contribution is -0.159. The van der Waals surface area contributed by atoms with Gasteiger partial charge in [-0.1, -0.05) is 13.8 Å². The highest BCUT2D eigenvalue weighted by molar-refractivity contribution is 6.27. The van der Waals surface area contributed by atoms with E-state index >= 15 is 0 Å². The minimum atomic E-state index is -1.82. The maximum atomic E-state index is 10.8. The van der Waals surface area contributed by atoms with Crippen molar-refractivity contribution < 1.29 is 29.3 Å². The predicted molar refractivity (Wildman–Crippen MR) is 55.0 cm³/mol. The van der Waals surface area contributed by atoms with E-state index in [1.54, 1.807) is 0 Å². The average Bonchev–Trinajstić information content (AvgIpc) is 2.25. The van der Waals surface area contributed by atoms with Gasteiger partial charge >= 0.3 is 17.9 Å². The van der Waals surface area contributed by atoms with Crippen LogP contribution in [-0.2, 0) is 19.1 Å². The molecule has 0 heterocycles. The zero-order valence-corrected chi connectivity index (χ0v) is 9.52. The molecule has 0 spiro atoms. The van der Waals surface area contributed by atoms with Crippen LogP contribution in [0.25, 0.3) is 0 Å². The van der Waals surface area contributed by atoms with Gasteiger partial charge in [-0.25, -0.2) is 9.59 Å². The first-order valence-corrected chi connectivity index (χ1v) is 4.61. The Morgan fingerprint density at radius 3 is 1.94 bits per heavy atom. The smallest absolute Gasteiger partial charge is 0.414 e. The van der Waals surface area contributed by atoms with Crippen molar-refractivity contribution in [2.45, 2.75) is 13.8 Å². The minimum Gasteiger partial charge on any atom is -0.473 e. The third kappa shape index (κ3) is 10.5. The molecule has 0 saturated heterocycles. The second-order valence-corrected chi connectivity index (χ2v) is 2.84. The zero-order valence-electron chi connectivity index (χ0n) is 9.52. The molecule has 0 aliphatic carbocycles. The molecule has 94 valence electrons.